The molecule has 136 valence electrons. The third-order valence-corrected chi connectivity index (χ3v) is 4.51. The molecule has 0 radical (unpaired) electrons. The van der Waals surface area contributed by atoms with Gasteiger partial charge in [-0.2, -0.15) is 5.10 Å². The van der Waals surface area contributed by atoms with E-state index in [2.05, 4.69) is 20.1 Å². The zero-order valence-electron chi connectivity index (χ0n) is 14.9. The maximum Gasteiger partial charge on any atom is 0.257 e. The highest BCUT2D eigenvalue weighted by atomic mass is 32.2. The van der Waals surface area contributed by atoms with Gasteiger partial charge in [-0.25, -0.2) is 13.4 Å². The summed E-state index contributed by atoms with van der Waals surface area (Å²) in [6, 6.07) is 6.76. The van der Waals surface area contributed by atoms with Crippen LogP contribution >= 0.6 is 0 Å². The Labute approximate surface area is 151 Å². The van der Waals surface area contributed by atoms with Gasteiger partial charge in [-0.05, 0) is 37.6 Å². The molecule has 0 saturated carbocycles. The molecule has 1 aromatic carbocycles. The van der Waals surface area contributed by atoms with E-state index in [1.54, 1.807) is 42.9 Å². The highest BCUT2D eigenvalue weighted by molar-refractivity contribution is 7.92. The molecule has 0 saturated heterocycles. The molecule has 3 aromatic rings. The van der Waals surface area contributed by atoms with E-state index in [1.165, 1.54) is 6.20 Å². The highest BCUT2D eigenvalue weighted by Crippen LogP contribution is 2.22. The number of hydrogen-bond donors (Lipinski definition) is 2. The molecular formula is C17H19N5O3S. The van der Waals surface area contributed by atoms with E-state index in [0.717, 1.165) is 22.9 Å². The van der Waals surface area contributed by atoms with Crippen molar-refractivity contribution in [3.63, 3.8) is 0 Å². The van der Waals surface area contributed by atoms with E-state index >= 15 is 0 Å². The lowest BCUT2D eigenvalue weighted by molar-refractivity contribution is 0.102. The number of nitrogens with zero attached hydrogens (tertiary/aromatic N) is 3. The summed E-state index contributed by atoms with van der Waals surface area (Å²) in [6.45, 7) is 3.64. The summed E-state index contributed by atoms with van der Waals surface area (Å²) in [6.07, 6.45) is 2.57. The van der Waals surface area contributed by atoms with Gasteiger partial charge in [-0.15, -0.1) is 0 Å². The van der Waals surface area contributed by atoms with Crippen molar-refractivity contribution < 1.29 is 13.2 Å². The summed E-state index contributed by atoms with van der Waals surface area (Å²) < 4.78 is 27.0. The van der Waals surface area contributed by atoms with Crippen LogP contribution in [0.3, 0.4) is 0 Å². The lowest BCUT2D eigenvalue weighted by Gasteiger charge is -2.11. The van der Waals surface area contributed by atoms with Crippen LogP contribution in [-0.2, 0) is 17.1 Å². The topological polar surface area (TPSA) is 106 Å². The molecule has 1 amide bonds. The van der Waals surface area contributed by atoms with Crippen LogP contribution in [0.2, 0.25) is 0 Å². The molecule has 0 fully saturated rings. The van der Waals surface area contributed by atoms with Crippen LogP contribution in [0.5, 0.6) is 0 Å². The van der Waals surface area contributed by atoms with Crippen molar-refractivity contribution in [2.24, 2.45) is 7.05 Å². The molecule has 8 nitrogen and oxygen atoms in total. The van der Waals surface area contributed by atoms with Crippen LogP contribution in [0, 0.1) is 13.8 Å². The minimum atomic E-state index is -3.41. The first kappa shape index (κ1) is 17.9. The van der Waals surface area contributed by atoms with Gasteiger partial charge in [0.15, 0.2) is 5.65 Å². The number of pyridine rings is 1. The normalized spacial score (nSPS) is 11.5. The number of rotatable bonds is 4. The standard InChI is InChI=1S/C17H19N5O3S/c1-10-5-6-13(8-15(10)21-26(4,24)25)19-17(23)12-7-14-11(2)20-22(3)16(14)18-9-12/h5-9,21H,1-4H3,(H,19,23). The molecule has 9 heteroatoms. The summed E-state index contributed by atoms with van der Waals surface area (Å²) in [7, 11) is -1.61. The number of carbonyl (C=O) groups is 1. The summed E-state index contributed by atoms with van der Waals surface area (Å²) in [5.41, 5.74) is 3.54. The lowest BCUT2D eigenvalue weighted by atomic mass is 10.1. The summed E-state index contributed by atoms with van der Waals surface area (Å²) in [5, 5.41) is 7.86. The fourth-order valence-corrected chi connectivity index (χ4v) is 3.26. The van der Waals surface area contributed by atoms with Crippen molar-refractivity contribution in [2.45, 2.75) is 13.8 Å². The van der Waals surface area contributed by atoms with Crippen LogP contribution < -0.4 is 10.0 Å². The smallest absolute Gasteiger partial charge is 0.257 e. The SMILES string of the molecule is Cc1ccc(NC(=O)c2cnc3c(c2)c(C)nn3C)cc1NS(C)(=O)=O. The Morgan fingerprint density at radius 3 is 2.62 bits per heavy atom. The van der Waals surface area contributed by atoms with Gasteiger partial charge < -0.3 is 5.32 Å². The van der Waals surface area contributed by atoms with E-state index < -0.39 is 10.0 Å². The van der Waals surface area contributed by atoms with Crippen LogP contribution in [0.4, 0.5) is 11.4 Å². The minimum Gasteiger partial charge on any atom is -0.322 e. The number of aryl methyl sites for hydroxylation is 3. The Hall–Kier alpha value is -2.94. The van der Waals surface area contributed by atoms with Gasteiger partial charge >= 0.3 is 0 Å². The average Bonchev–Trinajstić information content (AvgIpc) is 2.83. The Balaban J connectivity index is 1.88. The number of amides is 1. The first-order chi connectivity index (χ1) is 12.1. The fourth-order valence-electron chi connectivity index (χ4n) is 2.64. The zero-order valence-corrected chi connectivity index (χ0v) is 15.7. The Morgan fingerprint density at radius 2 is 1.92 bits per heavy atom. The van der Waals surface area contributed by atoms with Gasteiger partial charge in [0.1, 0.15) is 0 Å². The van der Waals surface area contributed by atoms with Crippen molar-refractivity contribution >= 4 is 38.3 Å². The summed E-state index contributed by atoms with van der Waals surface area (Å²) >= 11 is 0. The van der Waals surface area contributed by atoms with Crippen molar-refractivity contribution in [3.05, 3.63) is 47.3 Å². The van der Waals surface area contributed by atoms with Crippen LogP contribution in [0.25, 0.3) is 11.0 Å². The van der Waals surface area contributed by atoms with Gasteiger partial charge in [0.25, 0.3) is 5.91 Å². The third-order valence-electron chi connectivity index (χ3n) is 3.92. The number of benzene rings is 1. The molecule has 0 spiro atoms. The molecule has 0 unspecified atom stereocenters. The molecule has 0 aliphatic rings. The molecule has 0 aliphatic carbocycles. The number of fused-ring (bicyclic) bond motifs is 1. The maximum absolute atomic E-state index is 12.5. The van der Waals surface area contributed by atoms with Crippen molar-refractivity contribution in [1.82, 2.24) is 14.8 Å². The Kier molecular flexibility index (Phi) is 4.41. The van der Waals surface area contributed by atoms with E-state index in [-0.39, 0.29) is 5.91 Å². The number of aromatic nitrogens is 3. The second-order valence-electron chi connectivity index (χ2n) is 6.16. The monoisotopic (exact) mass is 373 g/mol. The third kappa shape index (κ3) is 3.67. The summed E-state index contributed by atoms with van der Waals surface area (Å²) in [4.78, 5) is 16.8. The molecule has 2 heterocycles. The van der Waals surface area contributed by atoms with Crippen LogP contribution in [-0.4, -0.2) is 35.3 Å². The van der Waals surface area contributed by atoms with Gasteiger partial charge in [-0.1, -0.05) is 6.07 Å². The van der Waals surface area contributed by atoms with E-state index in [1.807, 2.05) is 6.92 Å². The second kappa shape index (κ2) is 6.41. The fraction of sp³-hybridized carbons (Fsp3) is 0.235. The molecular weight excluding hydrogens is 354 g/mol. The zero-order chi connectivity index (χ0) is 19.1. The molecule has 0 bridgehead atoms. The Morgan fingerprint density at radius 1 is 1.19 bits per heavy atom. The Bertz CT molecular complexity index is 1120. The number of sulfonamides is 1. The molecule has 26 heavy (non-hydrogen) atoms. The van der Waals surface area contributed by atoms with Crippen LogP contribution in [0.1, 0.15) is 21.6 Å². The van der Waals surface area contributed by atoms with Crippen molar-refractivity contribution in [3.8, 4) is 0 Å². The summed E-state index contributed by atoms with van der Waals surface area (Å²) in [5.74, 6) is -0.336. The van der Waals surface area contributed by atoms with Crippen LogP contribution in [0.15, 0.2) is 30.5 Å². The number of hydrogen-bond acceptors (Lipinski definition) is 5. The maximum atomic E-state index is 12.5. The van der Waals surface area contributed by atoms with Crippen molar-refractivity contribution in [2.75, 3.05) is 16.3 Å². The molecule has 3 rings (SSSR count). The predicted octanol–water partition coefficient (Wildman–Crippen LogP) is 2.21. The minimum absolute atomic E-state index is 0.336. The average molecular weight is 373 g/mol. The van der Waals surface area contributed by atoms with Crippen molar-refractivity contribution in [1.29, 1.82) is 0 Å². The number of carbonyl (C=O) groups excluding carboxylic acids is 1. The predicted molar refractivity (Wildman–Crippen MR) is 101 cm³/mol. The number of anilines is 2. The molecule has 0 aliphatic heterocycles. The van der Waals surface area contributed by atoms with E-state index in [9.17, 15) is 13.2 Å². The lowest BCUT2D eigenvalue weighted by Crippen LogP contribution is -2.14. The number of nitrogens with one attached hydrogen (secondary N) is 2. The van der Waals surface area contributed by atoms with Gasteiger partial charge in [-0.3, -0.25) is 14.2 Å². The van der Waals surface area contributed by atoms with E-state index in [0.29, 0.717) is 22.6 Å². The van der Waals surface area contributed by atoms with Gasteiger partial charge in [0, 0.05) is 24.3 Å². The van der Waals surface area contributed by atoms with Gasteiger partial charge in [0.2, 0.25) is 10.0 Å². The molecule has 0 atom stereocenters. The molecule has 2 aromatic heterocycles. The van der Waals surface area contributed by atoms with E-state index in [4.69, 9.17) is 0 Å². The highest BCUT2D eigenvalue weighted by Gasteiger charge is 2.13. The quantitative estimate of drug-likeness (QED) is 0.729. The second-order valence-corrected chi connectivity index (χ2v) is 7.91. The largest absolute Gasteiger partial charge is 0.322 e. The van der Waals surface area contributed by atoms with Gasteiger partial charge in [0.05, 0.1) is 23.2 Å². The first-order valence-corrected chi connectivity index (χ1v) is 9.72. The first-order valence-electron chi connectivity index (χ1n) is 7.83. The molecule has 2 N–H and O–H groups in total.